The molecule has 5 nitrogen and oxygen atoms in total. The fraction of sp³-hybridized carbons (Fsp3) is 0.750. The van der Waals surface area contributed by atoms with Gasteiger partial charge in [0.15, 0.2) is 0 Å². The van der Waals surface area contributed by atoms with E-state index in [-0.39, 0.29) is 0 Å². The molecule has 0 spiro atoms. The first-order valence-corrected chi connectivity index (χ1v) is 8.21. The Morgan fingerprint density at radius 2 is 1.86 bits per heavy atom. The average Bonchev–Trinajstić information content (AvgIpc) is 2.48. The molecule has 1 N–H and O–H groups in total. The first-order valence-electron chi connectivity index (χ1n) is 8.21. The predicted molar refractivity (Wildman–Crippen MR) is 85.8 cm³/mol. The van der Waals surface area contributed by atoms with Gasteiger partial charge in [-0.2, -0.15) is 0 Å². The molecule has 2 saturated heterocycles. The maximum absolute atomic E-state index is 4.58. The van der Waals surface area contributed by atoms with Crippen LogP contribution in [0.5, 0.6) is 0 Å². The Kier molecular flexibility index (Phi) is 4.70. The summed E-state index contributed by atoms with van der Waals surface area (Å²) < 4.78 is 0. The quantitative estimate of drug-likeness (QED) is 0.906. The largest absolute Gasteiger partial charge is 0.338 e. The molecule has 0 radical (unpaired) electrons. The summed E-state index contributed by atoms with van der Waals surface area (Å²) in [6.07, 6.45) is 2.72. The molecular formula is C16H27N5. The van der Waals surface area contributed by atoms with Gasteiger partial charge in [0.2, 0.25) is 5.95 Å². The lowest BCUT2D eigenvalue weighted by Crippen LogP contribution is -2.49. The third kappa shape index (κ3) is 3.92. The number of hydrogen-bond donors (Lipinski definition) is 1. The average molecular weight is 289 g/mol. The maximum Gasteiger partial charge on any atom is 0.225 e. The minimum atomic E-state index is 0.836. The second-order valence-corrected chi connectivity index (χ2v) is 6.45. The number of aryl methyl sites for hydroxylation is 2. The summed E-state index contributed by atoms with van der Waals surface area (Å²) in [4.78, 5) is 14.1. The van der Waals surface area contributed by atoms with Gasteiger partial charge in [0.1, 0.15) is 0 Å². The summed E-state index contributed by atoms with van der Waals surface area (Å²) in [6, 6.07) is 2.04. The molecule has 5 heteroatoms. The molecule has 21 heavy (non-hydrogen) atoms. The zero-order valence-corrected chi connectivity index (χ0v) is 13.3. The fourth-order valence-electron chi connectivity index (χ4n) is 3.42. The van der Waals surface area contributed by atoms with Crippen LogP contribution < -0.4 is 10.2 Å². The van der Waals surface area contributed by atoms with Crippen LogP contribution in [0.1, 0.15) is 24.2 Å². The minimum absolute atomic E-state index is 0.836. The Balaban J connectivity index is 1.52. The summed E-state index contributed by atoms with van der Waals surface area (Å²) in [7, 11) is 0. The summed E-state index contributed by atoms with van der Waals surface area (Å²) in [5.74, 6) is 1.74. The van der Waals surface area contributed by atoms with E-state index in [1.807, 2.05) is 19.9 Å². The van der Waals surface area contributed by atoms with Crippen molar-refractivity contribution in [3.8, 4) is 0 Å². The van der Waals surface area contributed by atoms with E-state index in [4.69, 9.17) is 0 Å². The van der Waals surface area contributed by atoms with E-state index in [9.17, 15) is 0 Å². The molecule has 0 saturated carbocycles. The lowest BCUT2D eigenvalue weighted by molar-refractivity contribution is 0.198. The van der Waals surface area contributed by atoms with Gasteiger partial charge in [0, 0.05) is 44.1 Å². The number of anilines is 1. The van der Waals surface area contributed by atoms with Crippen molar-refractivity contribution in [3.63, 3.8) is 0 Å². The van der Waals surface area contributed by atoms with Gasteiger partial charge in [-0.15, -0.1) is 0 Å². The zero-order valence-electron chi connectivity index (χ0n) is 13.3. The van der Waals surface area contributed by atoms with Gasteiger partial charge < -0.3 is 10.2 Å². The molecule has 2 aliphatic rings. The molecule has 0 aliphatic carbocycles. The molecule has 1 aromatic heterocycles. The predicted octanol–water partition coefficient (Wildman–Crippen LogP) is 1.22. The van der Waals surface area contributed by atoms with Crippen molar-refractivity contribution in [1.29, 1.82) is 0 Å². The number of hydrogen-bond acceptors (Lipinski definition) is 5. The van der Waals surface area contributed by atoms with E-state index in [1.54, 1.807) is 0 Å². The fourth-order valence-corrected chi connectivity index (χ4v) is 3.42. The number of nitrogens with zero attached hydrogens (tertiary/aromatic N) is 4. The Morgan fingerprint density at radius 3 is 2.48 bits per heavy atom. The van der Waals surface area contributed by atoms with Crippen molar-refractivity contribution in [2.45, 2.75) is 26.7 Å². The molecule has 0 bridgehead atoms. The van der Waals surface area contributed by atoms with Crippen LogP contribution in [-0.4, -0.2) is 60.7 Å². The Labute approximate surface area is 127 Å². The van der Waals surface area contributed by atoms with E-state index in [1.165, 1.54) is 32.5 Å². The van der Waals surface area contributed by atoms with Crippen LogP contribution in [0.15, 0.2) is 6.07 Å². The van der Waals surface area contributed by atoms with Crippen LogP contribution in [0.4, 0.5) is 5.95 Å². The Bertz CT molecular complexity index is 441. The van der Waals surface area contributed by atoms with Crippen LogP contribution in [0.3, 0.4) is 0 Å². The summed E-state index contributed by atoms with van der Waals surface area (Å²) in [5, 5.41) is 3.51. The summed E-state index contributed by atoms with van der Waals surface area (Å²) in [6.45, 7) is 12.1. The number of nitrogens with one attached hydrogen (secondary N) is 1. The molecule has 116 valence electrons. The lowest BCUT2D eigenvalue weighted by atomic mass is 9.99. The van der Waals surface area contributed by atoms with Crippen LogP contribution in [-0.2, 0) is 0 Å². The molecule has 0 amide bonds. The highest BCUT2D eigenvalue weighted by Gasteiger charge is 2.22. The minimum Gasteiger partial charge on any atom is -0.338 e. The Hall–Kier alpha value is -1.20. The van der Waals surface area contributed by atoms with Gasteiger partial charge in [0.05, 0.1) is 0 Å². The molecule has 2 aliphatic heterocycles. The SMILES string of the molecule is Cc1cc(C)nc(N2CCN(CC3CCCNC3)CC2)n1. The lowest BCUT2D eigenvalue weighted by Gasteiger charge is -2.37. The molecule has 1 unspecified atom stereocenters. The van der Waals surface area contributed by atoms with Crippen LogP contribution >= 0.6 is 0 Å². The van der Waals surface area contributed by atoms with Gasteiger partial charge >= 0.3 is 0 Å². The standard InChI is InChI=1S/C16H27N5/c1-13-10-14(2)19-16(18-13)21-8-6-20(7-9-21)12-15-4-3-5-17-11-15/h10,15,17H,3-9,11-12H2,1-2H3. The smallest absolute Gasteiger partial charge is 0.225 e. The highest BCUT2D eigenvalue weighted by molar-refractivity contribution is 5.32. The maximum atomic E-state index is 4.58. The first-order chi connectivity index (χ1) is 10.2. The second-order valence-electron chi connectivity index (χ2n) is 6.45. The molecular weight excluding hydrogens is 262 g/mol. The van der Waals surface area contributed by atoms with E-state index < -0.39 is 0 Å². The number of piperazine rings is 1. The van der Waals surface area contributed by atoms with E-state index in [2.05, 4.69) is 25.1 Å². The number of aromatic nitrogens is 2. The topological polar surface area (TPSA) is 44.3 Å². The molecule has 3 rings (SSSR count). The van der Waals surface area contributed by atoms with Gasteiger partial charge in [-0.1, -0.05) is 0 Å². The second kappa shape index (κ2) is 6.71. The molecule has 2 fully saturated rings. The van der Waals surface area contributed by atoms with Gasteiger partial charge in [-0.25, -0.2) is 9.97 Å². The molecule has 0 aromatic carbocycles. The van der Waals surface area contributed by atoms with Crippen molar-refractivity contribution in [2.75, 3.05) is 50.7 Å². The molecule has 1 aromatic rings. The van der Waals surface area contributed by atoms with E-state index in [0.717, 1.165) is 49.4 Å². The van der Waals surface area contributed by atoms with E-state index in [0.29, 0.717) is 0 Å². The molecule has 3 heterocycles. The van der Waals surface area contributed by atoms with E-state index >= 15 is 0 Å². The van der Waals surface area contributed by atoms with Crippen LogP contribution in [0.2, 0.25) is 0 Å². The van der Waals surface area contributed by atoms with Gasteiger partial charge in [0.25, 0.3) is 0 Å². The summed E-state index contributed by atoms with van der Waals surface area (Å²) in [5.41, 5.74) is 2.13. The van der Waals surface area contributed by atoms with Crippen molar-refractivity contribution in [3.05, 3.63) is 17.5 Å². The van der Waals surface area contributed by atoms with Crippen molar-refractivity contribution in [1.82, 2.24) is 20.2 Å². The first kappa shape index (κ1) is 14.7. The normalized spacial score (nSPS) is 24.3. The van der Waals surface area contributed by atoms with Gasteiger partial charge in [-0.05, 0) is 51.8 Å². The van der Waals surface area contributed by atoms with Crippen LogP contribution in [0.25, 0.3) is 0 Å². The Morgan fingerprint density at radius 1 is 1.14 bits per heavy atom. The van der Waals surface area contributed by atoms with Crippen molar-refractivity contribution in [2.24, 2.45) is 5.92 Å². The van der Waals surface area contributed by atoms with Gasteiger partial charge in [-0.3, -0.25) is 4.90 Å². The highest BCUT2D eigenvalue weighted by atomic mass is 15.3. The third-order valence-electron chi connectivity index (χ3n) is 4.54. The van der Waals surface area contributed by atoms with Crippen molar-refractivity contribution >= 4 is 5.95 Å². The summed E-state index contributed by atoms with van der Waals surface area (Å²) >= 11 is 0. The molecule has 1 atom stereocenters. The third-order valence-corrected chi connectivity index (χ3v) is 4.54. The monoisotopic (exact) mass is 289 g/mol. The number of piperidine rings is 1. The van der Waals surface area contributed by atoms with Crippen LogP contribution in [0, 0.1) is 19.8 Å². The zero-order chi connectivity index (χ0) is 14.7. The van der Waals surface area contributed by atoms with Crippen molar-refractivity contribution < 1.29 is 0 Å². The number of rotatable bonds is 3. The highest BCUT2D eigenvalue weighted by Crippen LogP contribution is 2.16.